The van der Waals surface area contributed by atoms with Crippen molar-refractivity contribution in [3.05, 3.63) is 35.9 Å². The van der Waals surface area contributed by atoms with Gasteiger partial charge in [-0.1, -0.05) is 30.3 Å². The maximum Gasteiger partial charge on any atom is 0.242 e. The van der Waals surface area contributed by atoms with Gasteiger partial charge in [0.2, 0.25) is 5.91 Å². The van der Waals surface area contributed by atoms with E-state index in [0.29, 0.717) is 32.3 Å². The lowest BCUT2D eigenvalue weighted by atomic mass is 10.2. The molecule has 1 aliphatic heterocycles. The maximum atomic E-state index is 12.5. The summed E-state index contributed by atoms with van der Waals surface area (Å²) in [6.45, 7) is 6.45. The fourth-order valence-electron chi connectivity index (χ4n) is 3.04. The zero-order valence-corrected chi connectivity index (χ0v) is 19.9. The third-order valence-electron chi connectivity index (χ3n) is 4.67. The van der Waals surface area contributed by atoms with Crippen molar-refractivity contribution in [2.24, 2.45) is 4.99 Å². The van der Waals surface area contributed by atoms with E-state index in [2.05, 4.69) is 15.6 Å². The summed E-state index contributed by atoms with van der Waals surface area (Å²) >= 11 is 0. The van der Waals surface area contributed by atoms with Gasteiger partial charge in [0, 0.05) is 39.9 Å². The minimum absolute atomic E-state index is 0. The molecule has 1 heterocycles. The summed E-state index contributed by atoms with van der Waals surface area (Å²) in [7, 11) is 1.70. The first-order valence-electron chi connectivity index (χ1n) is 10.2. The van der Waals surface area contributed by atoms with Gasteiger partial charge in [0.05, 0.1) is 19.3 Å². The number of halogens is 1. The molecule has 1 aliphatic rings. The van der Waals surface area contributed by atoms with Crippen molar-refractivity contribution < 1.29 is 14.3 Å². The lowest BCUT2D eigenvalue weighted by molar-refractivity contribution is -0.130. The maximum absolute atomic E-state index is 12.5. The van der Waals surface area contributed by atoms with Crippen LogP contribution in [0.15, 0.2) is 35.3 Å². The molecule has 1 fully saturated rings. The van der Waals surface area contributed by atoms with Crippen molar-refractivity contribution >= 4 is 35.8 Å². The van der Waals surface area contributed by atoms with Gasteiger partial charge in [-0.25, -0.2) is 0 Å². The van der Waals surface area contributed by atoms with Crippen LogP contribution in [-0.2, 0) is 20.8 Å². The van der Waals surface area contributed by atoms with E-state index in [-0.39, 0.29) is 42.5 Å². The molecule has 1 aromatic rings. The average molecular weight is 518 g/mol. The molecule has 0 radical (unpaired) electrons. The number of rotatable bonds is 11. The number of nitrogens with one attached hydrogen (secondary N) is 2. The molecule has 2 rings (SSSR count). The van der Waals surface area contributed by atoms with Crippen LogP contribution in [0.2, 0.25) is 0 Å². The van der Waals surface area contributed by atoms with Crippen molar-refractivity contribution in [1.29, 1.82) is 0 Å². The average Bonchev–Trinajstić information content (AvgIpc) is 3.25. The van der Waals surface area contributed by atoms with Crippen molar-refractivity contribution in [2.75, 3.05) is 46.5 Å². The SMILES string of the molecule is CCN(Cc1ccccc1)C(=O)CNC(=NC)NCCCOCC1CCCO1.I. The number of guanidine groups is 1. The van der Waals surface area contributed by atoms with Gasteiger partial charge in [0.1, 0.15) is 0 Å². The molecule has 0 bridgehead atoms. The summed E-state index contributed by atoms with van der Waals surface area (Å²) in [5, 5.41) is 6.31. The standard InChI is InChI=1S/C21H34N4O3.HI/c1-3-25(16-18-9-5-4-6-10-18)20(26)15-24-21(22-2)23-12-8-13-27-17-19-11-7-14-28-19;/h4-6,9-10,19H,3,7-8,11-17H2,1-2H3,(H2,22,23,24);1H. The second kappa shape index (κ2) is 15.4. The number of carbonyl (C=O) groups is 1. The molecule has 1 atom stereocenters. The molecule has 0 saturated carbocycles. The van der Waals surface area contributed by atoms with Crippen LogP contribution in [0.4, 0.5) is 0 Å². The molecule has 1 saturated heterocycles. The zero-order valence-electron chi connectivity index (χ0n) is 17.6. The Morgan fingerprint density at radius 2 is 2.10 bits per heavy atom. The van der Waals surface area contributed by atoms with Crippen LogP contribution in [0, 0.1) is 0 Å². The topological polar surface area (TPSA) is 75.2 Å². The molecule has 0 aliphatic carbocycles. The van der Waals surface area contributed by atoms with Gasteiger partial charge < -0.3 is 25.0 Å². The Morgan fingerprint density at radius 3 is 2.76 bits per heavy atom. The van der Waals surface area contributed by atoms with Crippen molar-refractivity contribution in [3.63, 3.8) is 0 Å². The Kier molecular flexibility index (Phi) is 13.7. The third kappa shape index (κ3) is 10.3. The van der Waals surface area contributed by atoms with E-state index in [9.17, 15) is 4.79 Å². The number of likely N-dealkylation sites (N-methyl/N-ethyl adjacent to an activating group) is 1. The summed E-state index contributed by atoms with van der Waals surface area (Å²) in [5.41, 5.74) is 1.13. The first kappa shape index (κ1) is 25.6. The molecule has 0 aromatic heterocycles. The Bertz CT molecular complexity index is 595. The number of carbonyl (C=O) groups excluding carboxylic acids is 1. The van der Waals surface area contributed by atoms with Crippen LogP contribution >= 0.6 is 24.0 Å². The smallest absolute Gasteiger partial charge is 0.242 e. The third-order valence-corrected chi connectivity index (χ3v) is 4.67. The van der Waals surface area contributed by atoms with E-state index in [0.717, 1.165) is 38.0 Å². The van der Waals surface area contributed by atoms with Gasteiger partial charge >= 0.3 is 0 Å². The van der Waals surface area contributed by atoms with Crippen molar-refractivity contribution in [3.8, 4) is 0 Å². The van der Waals surface area contributed by atoms with Crippen LogP contribution in [0.3, 0.4) is 0 Å². The summed E-state index contributed by atoms with van der Waals surface area (Å²) < 4.78 is 11.2. The largest absolute Gasteiger partial charge is 0.379 e. The predicted octanol–water partition coefficient (Wildman–Crippen LogP) is 2.40. The highest BCUT2D eigenvalue weighted by molar-refractivity contribution is 14.0. The molecule has 2 N–H and O–H groups in total. The van der Waals surface area contributed by atoms with Gasteiger partial charge in [-0.15, -0.1) is 24.0 Å². The molecule has 1 unspecified atom stereocenters. The number of amides is 1. The molecule has 164 valence electrons. The molecule has 1 amide bonds. The van der Waals surface area contributed by atoms with Crippen LogP contribution in [-0.4, -0.2) is 69.4 Å². The quantitative estimate of drug-likeness (QED) is 0.204. The minimum atomic E-state index is 0. The van der Waals surface area contributed by atoms with Crippen molar-refractivity contribution in [1.82, 2.24) is 15.5 Å². The Morgan fingerprint density at radius 1 is 1.31 bits per heavy atom. The van der Waals surface area contributed by atoms with E-state index in [1.54, 1.807) is 7.05 Å². The van der Waals surface area contributed by atoms with Gasteiger partial charge in [-0.05, 0) is 31.7 Å². The van der Waals surface area contributed by atoms with E-state index in [4.69, 9.17) is 9.47 Å². The summed E-state index contributed by atoms with van der Waals surface area (Å²) in [6, 6.07) is 10.0. The number of nitrogens with zero attached hydrogens (tertiary/aromatic N) is 2. The number of ether oxygens (including phenoxy) is 2. The van der Waals surface area contributed by atoms with Crippen LogP contribution in [0.5, 0.6) is 0 Å². The van der Waals surface area contributed by atoms with Gasteiger partial charge in [0.15, 0.2) is 5.96 Å². The highest BCUT2D eigenvalue weighted by atomic mass is 127. The Labute approximate surface area is 191 Å². The molecular weight excluding hydrogens is 483 g/mol. The summed E-state index contributed by atoms with van der Waals surface area (Å²) in [5.74, 6) is 0.678. The molecular formula is C21H35IN4O3. The summed E-state index contributed by atoms with van der Waals surface area (Å²) in [6.07, 6.45) is 3.38. The molecule has 1 aromatic carbocycles. The molecule has 0 spiro atoms. The second-order valence-corrected chi connectivity index (χ2v) is 6.81. The lowest BCUT2D eigenvalue weighted by Gasteiger charge is -2.22. The van der Waals surface area contributed by atoms with Crippen molar-refractivity contribution in [2.45, 2.75) is 38.8 Å². The Hall–Kier alpha value is -1.39. The summed E-state index contributed by atoms with van der Waals surface area (Å²) in [4.78, 5) is 18.5. The first-order chi connectivity index (χ1) is 13.7. The van der Waals surface area contributed by atoms with E-state index in [1.807, 2.05) is 42.2 Å². The van der Waals surface area contributed by atoms with Gasteiger partial charge in [-0.3, -0.25) is 9.79 Å². The van der Waals surface area contributed by atoms with E-state index >= 15 is 0 Å². The normalized spacial score (nSPS) is 16.2. The van der Waals surface area contributed by atoms with Crippen LogP contribution in [0.1, 0.15) is 31.7 Å². The monoisotopic (exact) mass is 518 g/mol. The number of benzene rings is 1. The number of hydrogen-bond donors (Lipinski definition) is 2. The number of hydrogen-bond acceptors (Lipinski definition) is 4. The molecule has 29 heavy (non-hydrogen) atoms. The second-order valence-electron chi connectivity index (χ2n) is 6.81. The van der Waals surface area contributed by atoms with E-state index < -0.39 is 0 Å². The molecule has 7 nitrogen and oxygen atoms in total. The predicted molar refractivity (Wildman–Crippen MR) is 127 cm³/mol. The molecule has 8 heteroatoms. The highest BCUT2D eigenvalue weighted by Gasteiger charge is 2.15. The van der Waals surface area contributed by atoms with Crippen LogP contribution < -0.4 is 10.6 Å². The number of aliphatic imine (C=N–C) groups is 1. The zero-order chi connectivity index (χ0) is 20.0. The van der Waals surface area contributed by atoms with E-state index in [1.165, 1.54) is 0 Å². The lowest BCUT2D eigenvalue weighted by Crippen LogP contribution is -2.44. The van der Waals surface area contributed by atoms with Crippen LogP contribution in [0.25, 0.3) is 0 Å². The first-order valence-corrected chi connectivity index (χ1v) is 10.2. The minimum Gasteiger partial charge on any atom is -0.379 e. The fraction of sp³-hybridized carbons (Fsp3) is 0.619. The van der Waals surface area contributed by atoms with Gasteiger partial charge in [0.25, 0.3) is 0 Å². The fourth-order valence-corrected chi connectivity index (χ4v) is 3.04. The highest BCUT2D eigenvalue weighted by Crippen LogP contribution is 2.11. The van der Waals surface area contributed by atoms with Gasteiger partial charge in [-0.2, -0.15) is 0 Å². The Balaban J connectivity index is 0.00000420.